The van der Waals surface area contributed by atoms with E-state index in [1.165, 1.54) is 23.1 Å². The molecule has 0 atom stereocenters. The summed E-state index contributed by atoms with van der Waals surface area (Å²) >= 11 is 3.21. The summed E-state index contributed by atoms with van der Waals surface area (Å²) in [5.74, 6) is -0.739. The normalized spacial score (nSPS) is 11.5. The summed E-state index contributed by atoms with van der Waals surface area (Å²) in [7, 11) is 0. The van der Waals surface area contributed by atoms with Gasteiger partial charge in [-0.2, -0.15) is 13.2 Å². The summed E-state index contributed by atoms with van der Waals surface area (Å²) in [5, 5.41) is 9.96. The van der Waals surface area contributed by atoms with Crippen molar-refractivity contribution in [3.05, 3.63) is 22.1 Å². The molecule has 0 radical (unpaired) electrons. The molecular formula is C10H8F3N5O2S3. The molecule has 0 aliphatic heterocycles. The van der Waals surface area contributed by atoms with E-state index >= 15 is 0 Å². The Morgan fingerprint density at radius 3 is 2.78 bits per heavy atom. The van der Waals surface area contributed by atoms with Crippen LogP contribution in [0.5, 0.6) is 0 Å². The lowest BCUT2D eigenvalue weighted by Gasteiger charge is -2.06. The molecule has 0 fully saturated rings. The van der Waals surface area contributed by atoms with Crippen molar-refractivity contribution in [2.24, 2.45) is 0 Å². The predicted molar refractivity (Wildman–Crippen MR) is 80.9 cm³/mol. The zero-order valence-corrected chi connectivity index (χ0v) is 13.8. The number of hydrogen-bond acceptors (Lipinski definition) is 8. The van der Waals surface area contributed by atoms with Crippen LogP contribution in [0.3, 0.4) is 0 Å². The van der Waals surface area contributed by atoms with E-state index in [0.29, 0.717) is 22.2 Å². The Balaban J connectivity index is 1.99. The number of thioether (sulfide) groups is 2. The van der Waals surface area contributed by atoms with Crippen LogP contribution in [0, 0.1) is 0 Å². The highest BCUT2D eigenvalue weighted by atomic mass is 32.2. The van der Waals surface area contributed by atoms with Crippen molar-refractivity contribution in [3.8, 4) is 0 Å². The monoisotopic (exact) mass is 383 g/mol. The molecule has 2 aromatic rings. The molecule has 23 heavy (non-hydrogen) atoms. The van der Waals surface area contributed by atoms with Gasteiger partial charge in [-0.15, -0.1) is 10.2 Å². The van der Waals surface area contributed by atoms with Gasteiger partial charge in [0.25, 0.3) is 5.56 Å². The smallest absolute Gasteiger partial charge is 0.301 e. The summed E-state index contributed by atoms with van der Waals surface area (Å²) in [6.07, 6.45) is -2.93. The number of rotatable bonds is 5. The van der Waals surface area contributed by atoms with E-state index in [2.05, 4.69) is 25.5 Å². The van der Waals surface area contributed by atoms with E-state index in [1.807, 2.05) is 0 Å². The van der Waals surface area contributed by atoms with Crippen LogP contribution in [0.2, 0.25) is 0 Å². The second kappa shape index (κ2) is 7.31. The van der Waals surface area contributed by atoms with Crippen molar-refractivity contribution < 1.29 is 18.0 Å². The highest BCUT2D eigenvalue weighted by Crippen LogP contribution is 2.27. The van der Waals surface area contributed by atoms with Gasteiger partial charge in [0.15, 0.2) is 15.2 Å². The minimum Gasteiger partial charge on any atom is -0.301 e. The quantitative estimate of drug-likeness (QED) is 0.463. The van der Waals surface area contributed by atoms with Crippen LogP contribution >= 0.6 is 34.9 Å². The van der Waals surface area contributed by atoms with Crippen molar-refractivity contribution in [2.75, 3.05) is 17.3 Å². The lowest BCUT2D eigenvalue weighted by molar-refractivity contribution is -0.141. The highest BCUT2D eigenvalue weighted by molar-refractivity contribution is 8.00. The van der Waals surface area contributed by atoms with Gasteiger partial charge in [0.05, 0.1) is 5.75 Å². The molecule has 0 aromatic carbocycles. The molecule has 0 saturated heterocycles. The Hall–Kier alpha value is -1.60. The fourth-order valence-corrected chi connectivity index (χ4v) is 3.14. The molecule has 13 heteroatoms. The van der Waals surface area contributed by atoms with Gasteiger partial charge >= 0.3 is 6.18 Å². The molecule has 1 amide bonds. The third kappa shape index (κ3) is 5.21. The summed E-state index contributed by atoms with van der Waals surface area (Å²) in [4.78, 5) is 28.3. The van der Waals surface area contributed by atoms with E-state index in [-0.39, 0.29) is 16.0 Å². The van der Waals surface area contributed by atoms with Gasteiger partial charge in [-0.25, -0.2) is 4.98 Å². The Labute approximate surface area is 139 Å². The van der Waals surface area contributed by atoms with E-state index in [9.17, 15) is 22.8 Å². The second-order valence-electron chi connectivity index (χ2n) is 3.85. The fourth-order valence-electron chi connectivity index (χ4n) is 1.28. The molecule has 2 rings (SSSR count). The lowest BCUT2D eigenvalue weighted by atomic mass is 10.4. The number of aromatic nitrogens is 4. The highest BCUT2D eigenvalue weighted by Gasteiger charge is 2.33. The molecule has 0 unspecified atom stereocenters. The fraction of sp³-hybridized carbons (Fsp3) is 0.300. The van der Waals surface area contributed by atoms with Gasteiger partial charge in [-0.05, 0) is 6.26 Å². The standard InChI is InChI=1S/C10H8F3N5O2S3/c1-21-9-18-17-8(23-9)16-6(20)3-22-7-14-4(10(11,12)13)2-5(19)15-7/h2H,3H2,1H3,(H,14,15,19)(H,16,17,20). The number of alkyl halides is 3. The number of amides is 1. The van der Waals surface area contributed by atoms with Crippen LogP contribution in [0.25, 0.3) is 0 Å². The first kappa shape index (κ1) is 17.7. The first-order valence-corrected chi connectivity index (χ1v) is 8.79. The minimum absolute atomic E-state index is 0.238. The van der Waals surface area contributed by atoms with E-state index in [4.69, 9.17) is 0 Å². The average molecular weight is 383 g/mol. The van der Waals surface area contributed by atoms with Crippen molar-refractivity contribution in [1.82, 2.24) is 20.2 Å². The molecule has 2 heterocycles. The topological polar surface area (TPSA) is 101 Å². The predicted octanol–water partition coefficient (Wildman–Crippen LogP) is 2.09. The Kier molecular flexibility index (Phi) is 5.64. The SMILES string of the molecule is CSc1nnc(NC(=O)CSc2nc(C(F)(F)F)cc(=O)[nH]2)s1. The Morgan fingerprint density at radius 1 is 1.43 bits per heavy atom. The van der Waals surface area contributed by atoms with Gasteiger partial charge in [-0.1, -0.05) is 34.9 Å². The molecule has 124 valence electrons. The van der Waals surface area contributed by atoms with Gasteiger partial charge in [0, 0.05) is 6.07 Å². The maximum Gasteiger partial charge on any atom is 0.433 e. The van der Waals surface area contributed by atoms with E-state index < -0.39 is 23.3 Å². The van der Waals surface area contributed by atoms with Crippen molar-refractivity contribution in [3.63, 3.8) is 0 Å². The number of anilines is 1. The zero-order chi connectivity index (χ0) is 17.0. The van der Waals surface area contributed by atoms with Gasteiger partial charge < -0.3 is 4.98 Å². The molecule has 0 saturated carbocycles. The van der Waals surface area contributed by atoms with Gasteiger partial charge in [-0.3, -0.25) is 14.9 Å². The van der Waals surface area contributed by atoms with Crippen LogP contribution < -0.4 is 10.9 Å². The number of aromatic amines is 1. The van der Waals surface area contributed by atoms with Crippen molar-refractivity contribution >= 4 is 45.9 Å². The van der Waals surface area contributed by atoms with Crippen LogP contribution in [0.1, 0.15) is 5.69 Å². The zero-order valence-electron chi connectivity index (χ0n) is 11.3. The van der Waals surface area contributed by atoms with E-state index in [1.54, 1.807) is 6.26 Å². The van der Waals surface area contributed by atoms with Crippen LogP contribution in [-0.2, 0) is 11.0 Å². The third-order valence-electron chi connectivity index (χ3n) is 2.18. The summed E-state index contributed by atoms with van der Waals surface area (Å²) in [6, 6.07) is 0.356. The number of carbonyl (C=O) groups excluding carboxylic acids is 1. The van der Waals surface area contributed by atoms with Gasteiger partial charge in [0.1, 0.15) is 0 Å². The summed E-state index contributed by atoms with van der Waals surface area (Å²) in [5.41, 5.74) is -2.25. The number of hydrogen-bond donors (Lipinski definition) is 2. The number of nitrogens with one attached hydrogen (secondary N) is 2. The van der Waals surface area contributed by atoms with Crippen LogP contribution in [0.15, 0.2) is 20.4 Å². The molecule has 0 aliphatic carbocycles. The molecule has 0 aliphatic rings. The second-order valence-corrected chi connectivity index (χ2v) is 6.84. The van der Waals surface area contributed by atoms with E-state index in [0.717, 1.165) is 0 Å². The maximum atomic E-state index is 12.6. The average Bonchev–Trinajstić information content (AvgIpc) is 2.91. The first-order valence-electron chi connectivity index (χ1n) is 5.76. The Morgan fingerprint density at radius 2 is 2.17 bits per heavy atom. The number of carbonyl (C=O) groups is 1. The molecule has 2 N–H and O–H groups in total. The number of nitrogens with zero attached hydrogens (tertiary/aromatic N) is 3. The molecule has 0 spiro atoms. The minimum atomic E-state index is -4.73. The molecular weight excluding hydrogens is 375 g/mol. The number of H-pyrrole nitrogens is 1. The van der Waals surface area contributed by atoms with Crippen LogP contribution in [0.4, 0.5) is 18.3 Å². The maximum absolute atomic E-state index is 12.6. The summed E-state index contributed by atoms with van der Waals surface area (Å²) in [6.45, 7) is 0. The lowest BCUT2D eigenvalue weighted by Crippen LogP contribution is -2.18. The largest absolute Gasteiger partial charge is 0.433 e. The van der Waals surface area contributed by atoms with Gasteiger partial charge in [0.2, 0.25) is 11.0 Å². The van der Waals surface area contributed by atoms with Crippen molar-refractivity contribution in [2.45, 2.75) is 15.7 Å². The Bertz CT molecular complexity index is 761. The van der Waals surface area contributed by atoms with Crippen LogP contribution in [-0.4, -0.2) is 38.1 Å². The molecule has 2 aromatic heterocycles. The third-order valence-corrected chi connectivity index (χ3v) is 4.87. The number of halogens is 3. The van der Waals surface area contributed by atoms with Crippen molar-refractivity contribution in [1.29, 1.82) is 0 Å². The first-order chi connectivity index (χ1) is 10.8. The molecule has 0 bridgehead atoms. The summed E-state index contributed by atoms with van der Waals surface area (Å²) < 4.78 is 38.3. The molecule has 7 nitrogen and oxygen atoms in total.